The van der Waals surface area contributed by atoms with Crippen molar-refractivity contribution >= 4 is 21.9 Å². The second kappa shape index (κ2) is 7.64. The zero-order valence-corrected chi connectivity index (χ0v) is 17.0. The summed E-state index contributed by atoms with van der Waals surface area (Å²) in [7, 11) is 0. The van der Waals surface area contributed by atoms with E-state index in [-0.39, 0.29) is 18.1 Å². The fraction of sp³-hybridized carbons (Fsp3) is 0.238. The zero-order valence-electron chi connectivity index (χ0n) is 15.4. The molecule has 0 radical (unpaired) electrons. The number of ether oxygens (including phenoxy) is 1. The van der Waals surface area contributed by atoms with Crippen molar-refractivity contribution in [1.82, 2.24) is 9.78 Å². The molecule has 3 rings (SSSR count). The fourth-order valence-corrected chi connectivity index (χ4v) is 2.93. The molecule has 0 amide bonds. The third-order valence-corrected chi connectivity index (χ3v) is 4.29. The molecule has 1 aromatic heterocycles. The van der Waals surface area contributed by atoms with Crippen molar-refractivity contribution < 1.29 is 13.9 Å². The highest BCUT2D eigenvalue weighted by atomic mass is 79.9. The molecule has 0 N–H and O–H groups in total. The first-order valence-electron chi connectivity index (χ1n) is 8.53. The van der Waals surface area contributed by atoms with Gasteiger partial charge in [-0.15, -0.1) is 0 Å². The van der Waals surface area contributed by atoms with Crippen LogP contribution in [0.25, 0.3) is 11.3 Å². The minimum atomic E-state index is -0.637. The van der Waals surface area contributed by atoms with Gasteiger partial charge >= 0.3 is 5.97 Å². The van der Waals surface area contributed by atoms with Crippen LogP contribution < -0.4 is 0 Å². The number of carbonyl (C=O) groups is 1. The highest BCUT2D eigenvalue weighted by molar-refractivity contribution is 9.10. The Morgan fingerprint density at radius 3 is 2.48 bits per heavy atom. The Labute approximate surface area is 166 Å². The number of esters is 1. The molecule has 0 aliphatic heterocycles. The van der Waals surface area contributed by atoms with Gasteiger partial charge in [-0.3, -0.25) is 4.68 Å². The molecule has 1 heterocycles. The lowest BCUT2D eigenvalue weighted by molar-refractivity contribution is 0.00565. The van der Waals surface area contributed by atoms with Crippen LogP contribution in [0.15, 0.2) is 59.1 Å². The van der Waals surface area contributed by atoms with Gasteiger partial charge in [0.05, 0.1) is 12.2 Å². The number of halogens is 2. The smallest absolute Gasteiger partial charge is 0.357 e. The molecule has 4 nitrogen and oxygen atoms in total. The van der Waals surface area contributed by atoms with Gasteiger partial charge in [0, 0.05) is 15.6 Å². The predicted molar refractivity (Wildman–Crippen MR) is 106 cm³/mol. The van der Waals surface area contributed by atoms with Crippen LogP contribution in [0.4, 0.5) is 4.39 Å². The number of hydrogen-bond acceptors (Lipinski definition) is 3. The summed E-state index contributed by atoms with van der Waals surface area (Å²) in [5.41, 5.74) is 1.59. The Balaban J connectivity index is 2.02. The van der Waals surface area contributed by atoms with E-state index >= 15 is 0 Å². The number of hydrogen-bond donors (Lipinski definition) is 0. The number of nitrogens with zero attached hydrogens (tertiary/aromatic N) is 2. The molecular formula is C21H20BrFN2O2. The van der Waals surface area contributed by atoms with Gasteiger partial charge in [0.25, 0.3) is 0 Å². The largest absolute Gasteiger partial charge is 0.455 e. The highest BCUT2D eigenvalue weighted by Gasteiger charge is 2.23. The lowest BCUT2D eigenvalue weighted by Gasteiger charge is -2.19. The topological polar surface area (TPSA) is 44.1 Å². The van der Waals surface area contributed by atoms with Crippen molar-refractivity contribution in [3.63, 3.8) is 0 Å². The molecule has 0 spiro atoms. The molecule has 27 heavy (non-hydrogen) atoms. The molecule has 140 valence electrons. The molecule has 0 atom stereocenters. The van der Waals surface area contributed by atoms with Gasteiger partial charge in [-0.2, -0.15) is 5.10 Å². The fourth-order valence-electron chi connectivity index (χ4n) is 2.59. The Morgan fingerprint density at radius 2 is 1.85 bits per heavy atom. The Kier molecular flexibility index (Phi) is 5.46. The van der Waals surface area contributed by atoms with E-state index in [0.717, 1.165) is 5.56 Å². The number of carbonyl (C=O) groups excluding carboxylic acids is 1. The maximum atomic E-state index is 14.3. The maximum absolute atomic E-state index is 14.3. The van der Waals surface area contributed by atoms with Crippen LogP contribution in [0.2, 0.25) is 0 Å². The SMILES string of the molecule is CC(C)(C)OC(=O)c1cc(-c2ccccc2)nn1Cc1ccc(Br)cc1F. The van der Waals surface area contributed by atoms with E-state index in [1.54, 1.807) is 39.0 Å². The number of benzene rings is 2. The van der Waals surface area contributed by atoms with E-state index in [1.165, 1.54) is 10.7 Å². The summed E-state index contributed by atoms with van der Waals surface area (Å²) in [6.45, 7) is 5.54. The monoisotopic (exact) mass is 430 g/mol. The molecule has 2 aromatic carbocycles. The average molecular weight is 431 g/mol. The standard InChI is InChI=1S/C21H20BrFN2O2/c1-21(2,3)27-20(26)19-12-18(14-7-5-4-6-8-14)24-25(19)13-15-9-10-16(22)11-17(15)23/h4-12H,13H2,1-3H3. The van der Waals surface area contributed by atoms with Gasteiger partial charge in [0.1, 0.15) is 17.1 Å². The third kappa shape index (κ3) is 4.83. The van der Waals surface area contributed by atoms with Gasteiger partial charge < -0.3 is 4.74 Å². The van der Waals surface area contributed by atoms with Crippen LogP contribution >= 0.6 is 15.9 Å². The Morgan fingerprint density at radius 1 is 1.15 bits per heavy atom. The summed E-state index contributed by atoms with van der Waals surface area (Å²) in [6, 6.07) is 16.0. The van der Waals surface area contributed by atoms with E-state index in [0.29, 0.717) is 15.7 Å². The van der Waals surface area contributed by atoms with Crippen molar-refractivity contribution in [3.05, 3.63) is 76.1 Å². The number of rotatable bonds is 4. The van der Waals surface area contributed by atoms with Crippen molar-refractivity contribution in [2.24, 2.45) is 0 Å². The summed E-state index contributed by atoms with van der Waals surface area (Å²) in [6.07, 6.45) is 0. The van der Waals surface area contributed by atoms with Crippen molar-refractivity contribution in [2.75, 3.05) is 0 Å². The van der Waals surface area contributed by atoms with E-state index in [4.69, 9.17) is 4.74 Å². The first-order chi connectivity index (χ1) is 12.7. The summed E-state index contributed by atoms with van der Waals surface area (Å²) in [5, 5.41) is 4.53. The summed E-state index contributed by atoms with van der Waals surface area (Å²) >= 11 is 3.25. The zero-order chi connectivity index (χ0) is 19.6. The van der Waals surface area contributed by atoms with Crippen LogP contribution in [-0.2, 0) is 11.3 Å². The quantitative estimate of drug-likeness (QED) is 0.516. The molecule has 0 aliphatic rings. The summed E-state index contributed by atoms with van der Waals surface area (Å²) in [5.74, 6) is -0.856. The van der Waals surface area contributed by atoms with E-state index < -0.39 is 11.6 Å². The minimum Gasteiger partial charge on any atom is -0.455 e. The van der Waals surface area contributed by atoms with Crippen LogP contribution in [0.5, 0.6) is 0 Å². The molecule has 0 fully saturated rings. The predicted octanol–water partition coefficient (Wildman–Crippen LogP) is 5.46. The first-order valence-corrected chi connectivity index (χ1v) is 9.33. The van der Waals surface area contributed by atoms with Gasteiger partial charge in [0.15, 0.2) is 0 Å². The van der Waals surface area contributed by atoms with Crippen LogP contribution in [-0.4, -0.2) is 21.4 Å². The lowest BCUT2D eigenvalue weighted by atomic mass is 10.1. The maximum Gasteiger partial charge on any atom is 0.357 e. The third-order valence-electron chi connectivity index (χ3n) is 3.79. The molecule has 0 aliphatic carbocycles. The molecule has 6 heteroatoms. The van der Waals surface area contributed by atoms with E-state index in [1.807, 2.05) is 30.3 Å². The lowest BCUT2D eigenvalue weighted by Crippen LogP contribution is -2.26. The molecule has 0 unspecified atom stereocenters. The van der Waals surface area contributed by atoms with Crippen LogP contribution in [0.3, 0.4) is 0 Å². The van der Waals surface area contributed by atoms with Gasteiger partial charge in [-0.25, -0.2) is 9.18 Å². The van der Waals surface area contributed by atoms with E-state index in [9.17, 15) is 9.18 Å². The van der Waals surface area contributed by atoms with Crippen LogP contribution in [0.1, 0.15) is 36.8 Å². The van der Waals surface area contributed by atoms with Crippen LogP contribution in [0, 0.1) is 5.82 Å². The molecular weight excluding hydrogens is 411 g/mol. The molecule has 3 aromatic rings. The number of aromatic nitrogens is 2. The van der Waals surface area contributed by atoms with E-state index in [2.05, 4.69) is 21.0 Å². The minimum absolute atomic E-state index is 0.126. The highest BCUT2D eigenvalue weighted by Crippen LogP contribution is 2.23. The summed E-state index contributed by atoms with van der Waals surface area (Å²) < 4.78 is 21.9. The summed E-state index contributed by atoms with van der Waals surface area (Å²) in [4.78, 5) is 12.7. The average Bonchev–Trinajstić information content (AvgIpc) is 3.01. The molecule has 0 bridgehead atoms. The first kappa shape index (κ1) is 19.3. The van der Waals surface area contributed by atoms with Gasteiger partial charge in [-0.1, -0.05) is 52.3 Å². The Bertz CT molecular complexity index is 962. The van der Waals surface area contributed by atoms with Gasteiger partial charge in [0.2, 0.25) is 0 Å². The van der Waals surface area contributed by atoms with Crippen molar-refractivity contribution in [2.45, 2.75) is 32.9 Å². The second-order valence-electron chi connectivity index (χ2n) is 7.18. The van der Waals surface area contributed by atoms with Crippen molar-refractivity contribution in [3.8, 4) is 11.3 Å². The molecule has 0 saturated heterocycles. The molecule has 0 saturated carbocycles. The normalized spacial score (nSPS) is 11.4. The second-order valence-corrected chi connectivity index (χ2v) is 8.09. The van der Waals surface area contributed by atoms with Crippen molar-refractivity contribution in [1.29, 1.82) is 0 Å². The Hall–Kier alpha value is -2.47. The van der Waals surface area contributed by atoms with Gasteiger partial charge in [-0.05, 0) is 39.0 Å².